The lowest BCUT2D eigenvalue weighted by Crippen LogP contribution is -2.27. The van der Waals surface area contributed by atoms with Gasteiger partial charge in [0.15, 0.2) is 5.82 Å². The van der Waals surface area contributed by atoms with Gasteiger partial charge in [-0.3, -0.25) is 5.10 Å². The van der Waals surface area contributed by atoms with Crippen LogP contribution >= 0.6 is 23.4 Å². The molecular formula is C29H28ClF3N4OS. The molecule has 4 aromatic rings. The van der Waals surface area contributed by atoms with E-state index in [-0.39, 0.29) is 0 Å². The Labute approximate surface area is 234 Å². The van der Waals surface area contributed by atoms with Crippen molar-refractivity contribution in [2.45, 2.75) is 42.4 Å². The second-order valence-corrected chi connectivity index (χ2v) is 10.6. The second kappa shape index (κ2) is 12.8. The Kier molecular flexibility index (Phi) is 9.48. The Morgan fingerprint density at radius 3 is 2.08 bits per heavy atom. The number of fused-ring (bicyclic) bond motifs is 3. The SMILES string of the molecule is NCC(F)(F)F.O=CC1(CCCCCSc2n[nH]c(-c3ccc(Cl)cc3)n2)c2ccccc2-c2ccccc21. The molecule has 0 fully saturated rings. The summed E-state index contributed by atoms with van der Waals surface area (Å²) in [5, 5.41) is 8.77. The monoisotopic (exact) mass is 572 g/mol. The summed E-state index contributed by atoms with van der Waals surface area (Å²) in [6.45, 7) is -1.23. The Bertz CT molecular complexity index is 1350. The van der Waals surface area contributed by atoms with Crippen molar-refractivity contribution in [2.75, 3.05) is 12.3 Å². The van der Waals surface area contributed by atoms with E-state index in [0.717, 1.165) is 59.1 Å². The summed E-state index contributed by atoms with van der Waals surface area (Å²) in [6.07, 6.45) is 0.913. The van der Waals surface area contributed by atoms with Gasteiger partial charge in [-0.1, -0.05) is 84.7 Å². The largest absolute Gasteiger partial charge is 0.400 e. The number of carbonyl (C=O) groups is 1. The van der Waals surface area contributed by atoms with Crippen LogP contribution < -0.4 is 5.73 Å². The molecule has 1 aliphatic carbocycles. The summed E-state index contributed by atoms with van der Waals surface area (Å²) in [6, 6.07) is 24.2. The number of alkyl halides is 3. The fraction of sp³-hybridized carbons (Fsp3) is 0.276. The van der Waals surface area contributed by atoms with Gasteiger partial charge in [-0.15, -0.1) is 5.10 Å². The molecular weight excluding hydrogens is 545 g/mol. The molecule has 5 rings (SSSR count). The number of hydrogen-bond acceptors (Lipinski definition) is 5. The number of nitrogens with zero attached hydrogens (tertiary/aromatic N) is 2. The first-order chi connectivity index (χ1) is 18.8. The molecule has 1 aromatic heterocycles. The summed E-state index contributed by atoms with van der Waals surface area (Å²) < 4.78 is 32.0. The van der Waals surface area contributed by atoms with Gasteiger partial charge in [0, 0.05) is 16.3 Å². The highest BCUT2D eigenvalue weighted by atomic mass is 35.5. The molecule has 0 saturated carbocycles. The molecule has 0 saturated heterocycles. The van der Waals surface area contributed by atoms with Crippen LogP contribution in [-0.4, -0.2) is 39.9 Å². The number of unbranched alkanes of at least 4 members (excludes halogenated alkanes) is 2. The Morgan fingerprint density at radius 1 is 0.923 bits per heavy atom. The molecule has 1 aliphatic rings. The summed E-state index contributed by atoms with van der Waals surface area (Å²) in [4.78, 5) is 17.0. The number of aromatic nitrogens is 3. The number of thioether (sulfide) groups is 1. The van der Waals surface area contributed by atoms with E-state index in [4.69, 9.17) is 11.6 Å². The zero-order valence-corrected chi connectivity index (χ0v) is 22.6. The third kappa shape index (κ3) is 6.90. The zero-order chi connectivity index (χ0) is 27.9. The number of rotatable bonds is 9. The maximum atomic E-state index is 12.5. The Morgan fingerprint density at radius 2 is 1.51 bits per heavy atom. The van der Waals surface area contributed by atoms with E-state index in [1.54, 1.807) is 11.8 Å². The van der Waals surface area contributed by atoms with Crippen molar-refractivity contribution in [1.82, 2.24) is 15.2 Å². The number of aldehydes is 1. The number of halogens is 4. The molecule has 0 bridgehead atoms. The number of aromatic amines is 1. The number of hydrogen-bond donors (Lipinski definition) is 2. The fourth-order valence-electron chi connectivity index (χ4n) is 4.71. The van der Waals surface area contributed by atoms with Gasteiger partial charge >= 0.3 is 6.18 Å². The number of carbonyl (C=O) groups excluding carboxylic acids is 1. The minimum absolute atomic E-state index is 0.530. The highest BCUT2D eigenvalue weighted by Gasteiger charge is 2.42. The zero-order valence-electron chi connectivity index (χ0n) is 21.0. The molecule has 0 atom stereocenters. The average molecular weight is 573 g/mol. The molecule has 0 radical (unpaired) electrons. The van der Waals surface area contributed by atoms with Crippen molar-refractivity contribution in [1.29, 1.82) is 0 Å². The van der Waals surface area contributed by atoms with Crippen LogP contribution in [-0.2, 0) is 10.2 Å². The van der Waals surface area contributed by atoms with E-state index in [0.29, 0.717) is 5.02 Å². The van der Waals surface area contributed by atoms with E-state index in [1.807, 2.05) is 36.4 Å². The summed E-state index contributed by atoms with van der Waals surface area (Å²) in [5.74, 6) is 1.69. The molecule has 39 heavy (non-hydrogen) atoms. The smallest absolute Gasteiger partial charge is 0.323 e. The van der Waals surface area contributed by atoms with Crippen LogP contribution in [0.25, 0.3) is 22.5 Å². The molecule has 10 heteroatoms. The first-order valence-electron chi connectivity index (χ1n) is 12.5. The van der Waals surface area contributed by atoms with E-state index < -0.39 is 18.1 Å². The van der Waals surface area contributed by atoms with E-state index in [1.165, 1.54) is 17.4 Å². The predicted octanol–water partition coefficient (Wildman–Crippen LogP) is 7.45. The van der Waals surface area contributed by atoms with Crippen molar-refractivity contribution >= 4 is 29.6 Å². The molecule has 5 nitrogen and oxygen atoms in total. The fourth-order valence-corrected chi connectivity index (χ4v) is 5.63. The van der Waals surface area contributed by atoms with E-state index in [9.17, 15) is 18.0 Å². The van der Waals surface area contributed by atoms with Crippen molar-refractivity contribution < 1.29 is 18.0 Å². The van der Waals surface area contributed by atoms with Crippen LogP contribution in [0, 0.1) is 0 Å². The lowest BCUT2D eigenvalue weighted by molar-refractivity contribution is -0.118. The third-order valence-electron chi connectivity index (χ3n) is 6.57. The van der Waals surface area contributed by atoms with Crippen molar-refractivity contribution in [3.8, 4) is 22.5 Å². The third-order valence-corrected chi connectivity index (χ3v) is 7.75. The number of nitrogens with two attached hydrogens (primary N) is 1. The van der Waals surface area contributed by atoms with Gasteiger partial charge in [-0.25, -0.2) is 4.98 Å². The molecule has 0 amide bonds. The second-order valence-electron chi connectivity index (χ2n) is 9.13. The Balaban J connectivity index is 0.000000531. The first-order valence-corrected chi connectivity index (χ1v) is 13.9. The van der Waals surface area contributed by atoms with Crippen LogP contribution in [0.15, 0.2) is 78.0 Å². The van der Waals surface area contributed by atoms with Crippen LogP contribution in [0.4, 0.5) is 13.2 Å². The Hall–Kier alpha value is -3.14. The highest BCUT2D eigenvalue weighted by Crippen LogP contribution is 2.50. The summed E-state index contributed by atoms with van der Waals surface area (Å²) in [5.41, 5.74) is 9.29. The first kappa shape index (κ1) is 28.9. The summed E-state index contributed by atoms with van der Waals surface area (Å²) in [7, 11) is 0. The minimum atomic E-state index is -4.18. The van der Waals surface area contributed by atoms with Gasteiger partial charge in [0.1, 0.15) is 6.29 Å². The molecule has 1 heterocycles. The van der Waals surface area contributed by atoms with Crippen LogP contribution in [0.3, 0.4) is 0 Å². The van der Waals surface area contributed by atoms with Crippen molar-refractivity contribution in [2.24, 2.45) is 5.73 Å². The maximum Gasteiger partial charge on any atom is 0.400 e. The van der Waals surface area contributed by atoms with Crippen LogP contribution in [0.1, 0.15) is 36.8 Å². The standard InChI is InChI=1S/C27H24ClN3OS.C2H4F3N/c28-20-14-12-19(13-15-20)25-29-26(31-30-25)33-17-7-1-6-16-27(18-32)23-10-4-2-8-21(23)22-9-3-5-11-24(22)27;3-2(4,5)1-6/h2-5,8-15,18H,1,6-7,16-17H2,(H,29,30,31);1,6H2. The number of H-pyrrole nitrogens is 1. The molecule has 3 N–H and O–H groups in total. The lowest BCUT2D eigenvalue weighted by Gasteiger charge is -2.25. The highest BCUT2D eigenvalue weighted by molar-refractivity contribution is 7.99. The van der Waals surface area contributed by atoms with Crippen LogP contribution in [0.2, 0.25) is 5.02 Å². The predicted molar refractivity (Wildman–Crippen MR) is 150 cm³/mol. The van der Waals surface area contributed by atoms with Gasteiger partial charge in [0.05, 0.1) is 12.0 Å². The van der Waals surface area contributed by atoms with E-state index >= 15 is 0 Å². The van der Waals surface area contributed by atoms with E-state index in [2.05, 4.69) is 57.3 Å². The van der Waals surface area contributed by atoms with Gasteiger partial charge in [0.25, 0.3) is 0 Å². The van der Waals surface area contributed by atoms with Gasteiger partial charge in [0.2, 0.25) is 5.16 Å². The van der Waals surface area contributed by atoms with Crippen molar-refractivity contribution in [3.63, 3.8) is 0 Å². The normalized spacial score (nSPS) is 13.3. The molecule has 0 aliphatic heterocycles. The van der Waals surface area contributed by atoms with Crippen LogP contribution in [0.5, 0.6) is 0 Å². The van der Waals surface area contributed by atoms with Gasteiger partial charge in [-0.05, 0) is 59.4 Å². The molecule has 204 valence electrons. The summed E-state index contributed by atoms with van der Waals surface area (Å²) >= 11 is 7.61. The van der Waals surface area contributed by atoms with Gasteiger partial charge < -0.3 is 10.5 Å². The molecule has 3 aromatic carbocycles. The average Bonchev–Trinajstić information content (AvgIpc) is 3.53. The molecule has 0 unspecified atom stereocenters. The number of nitrogens with one attached hydrogen (secondary N) is 1. The maximum absolute atomic E-state index is 12.5. The topological polar surface area (TPSA) is 84.7 Å². The number of benzene rings is 3. The van der Waals surface area contributed by atoms with Gasteiger partial charge in [-0.2, -0.15) is 13.2 Å². The molecule has 0 spiro atoms. The quantitative estimate of drug-likeness (QED) is 0.124. The minimum Gasteiger partial charge on any atom is -0.323 e. The van der Waals surface area contributed by atoms with Crippen molar-refractivity contribution in [3.05, 3.63) is 88.9 Å². The lowest BCUT2D eigenvalue weighted by atomic mass is 9.75.